The Bertz CT molecular complexity index is 886. The Balaban J connectivity index is 1.79. The van der Waals surface area contributed by atoms with E-state index in [9.17, 15) is 8.78 Å². The number of hydrogen-bond donors (Lipinski definition) is 1. The van der Waals surface area contributed by atoms with Crippen molar-refractivity contribution in [3.05, 3.63) is 41.0 Å². The van der Waals surface area contributed by atoms with Gasteiger partial charge in [0.15, 0.2) is 11.5 Å². The van der Waals surface area contributed by atoms with Gasteiger partial charge in [-0.15, -0.1) is 11.3 Å². The van der Waals surface area contributed by atoms with Crippen LogP contribution in [0.15, 0.2) is 30.6 Å². The molecule has 3 aromatic rings. The molecule has 138 valence electrons. The number of halogens is 2. The molecule has 0 spiro atoms. The summed E-state index contributed by atoms with van der Waals surface area (Å²) in [5.41, 5.74) is 0.868. The third-order valence-corrected chi connectivity index (χ3v) is 4.90. The van der Waals surface area contributed by atoms with Crippen molar-refractivity contribution in [3.63, 3.8) is 0 Å². The van der Waals surface area contributed by atoms with Gasteiger partial charge in [0.1, 0.15) is 17.0 Å². The summed E-state index contributed by atoms with van der Waals surface area (Å²) >= 11 is 1.65. The average Bonchev–Trinajstić information content (AvgIpc) is 3.05. The molecule has 0 atom stereocenters. The van der Waals surface area contributed by atoms with Crippen molar-refractivity contribution in [1.29, 1.82) is 0 Å². The summed E-state index contributed by atoms with van der Waals surface area (Å²) in [4.78, 5) is 10.8. The van der Waals surface area contributed by atoms with Crippen LogP contribution in [0.3, 0.4) is 0 Å². The van der Waals surface area contributed by atoms with E-state index in [1.165, 1.54) is 17.3 Å². The van der Waals surface area contributed by atoms with Crippen LogP contribution in [0.4, 0.5) is 14.6 Å². The number of alkyl halides is 2. The van der Waals surface area contributed by atoms with E-state index in [0.717, 1.165) is 28.0 Å². The van der Waals surface area contributed by atoms with E-state index in [0.29, 0.717) is 18.9 Å². The summed E-state index contributed by atoms with van der Waals surface area (Å²) in [5, 5.41) is 4.27. The number of thiophene rings is 1. The third-order valence-electron chi connectivity index (χ3n) is 3.71. The lowest BCUT2D eigenvalue weighted by Gasteiger charge is -2.13. The van der Waals surface area contributed by atoms with E-state index in [4.69, 9.17) is 4.74 Å². The molecule has 0 amide bonds. The van der Waals surface area contributed by atoms with Gasteiger partial charge in [-0.05, 0) is 37.1 Å². The van der Waals surface area contributed by atoms with E-state index in [1.807, 2.05) is 0 Å². The smallest absolute Gasteiger partial charge is 0.387 e. The molecule has 0 saturated heterocycles. The maximum Gasteiger partial charge on any atom is 0.387 e. The number of benzene rings is 1. The second-order valence-corrected chi connectivity index (χ2v) is 6.57. The van der Waals surface area contributed by atoms with Crippen LogP contribution >= 0.6 is 11.3 Å². The summed E-state index contributed by atoms with van der Waals surface area (Å²) < 4.78 is 34.9. The number of aryl methyl sites for hydroxylation is 1. The zero-order chi connectivity index (χ0) is 18.5. The molecule has 26 heavy (non-hydrogen) atoms. The van der Waals surface area contributed by atoms with E-state index >= 15 is 0 Å². The molecule has 5 nitrogen and oxygen atoms in total. The standard InChI is InChI=1S/C18H19F2N3O2S/c1-3-12-8-13-16(22-10-23-17(13)26-12)21-9-11-5-6-14(25-18(19)20)15(7-11)24-4-2/h5-8,10,18H,3-4,9H2,1-2H3,(H,21,22,23). The predicted molar refractivity (Wildman–Crippen MR) is 98.4 cm³/mol. The summed E-state index contributed by atoms with van der Waals surface area (Å²) in [6, 6.07) is 6.99. The normalized spacial score (nSPS) is 11.1. The molecule has 2 aromatic heterocycles. The van der Waals surface area contributed by atoms with Gasteiger partial charge in [-0.1, -0.05) is 13.0 Å². The van der Waals surface area contributed by atoms with Gasteiger partial charge >= 0.3 is 6.61 Å². The predicted octanol–water partition coefficient (Wildman–Crippen LogP) is 4.87. The first-order valence-corrected chi connectivity index (χ1v) is 9.10. The van der Waals surface area contributed by atoms with Crippen LogP contribution in [-0.2, 0) is 13.0 Å². The first-order chi connectivity index (χ1) is 12.6. The van der Waals surface area contributed by atoms with Crippen molar-refractivity contribution in [2.75, 3.05) is 11.9 Å². The molecular formula is C18H19F2N3O2S. The minimum Gasteiger partial charge on any atom is -0.490 e. The molecule has 8 heteroatoms. The summed E-state index contributed by atoms with van der Waals surface area (Å²) in [6.07, 6.45) is 2.48. The third kappa shape index (κ3) is 4.19. The van der Waals surface area contributed by atoms with Crippen molar-refractivity contribution in [3.8, 4) is 11.5 Å². The number of ether oxygens (including phenoxy) is 2. The minimum atomic E-state index is -2.89. The summed E-state index contributed by atoms with van der Waals surface area (Å²) in [6.45, 7) is 1.83. The number of fused-ring (bicyclic) bond motifs is 1. The highest BCUT2D eigenvalue weighted by molar-refractivity contribution is 7.18. The fourth-order valence-corrected chi connectivity index (χ4v) is 3.47. The molecule has 0 bridgehead atoms. The molecule has 3 rings (SSSR count). The maximum atomic E-state index is 12.5. The topological polar surface area (TPSA) is 56.3 Å². The summed E-state index contributed by atoms with van der Waals surface area (Å²) in [7, 11) is 0. The Morgan fingerprint density at radius 3 is 2.73 bits per heavy atom. The first kappa shape index (κ1) is 18.3. The fourth-order valence-electron chi connectivity index (χ4n) is 2.53. The second-order valence-electron chi connectivity index (χ2n) is 5.45. The highest BCUT2D eigenvalue weighted by Crippen LogP contribution is 2.31. The molecule has 0 aliphatic heterocycles. The second kappa shape index (κ2) is 8.27. The zero-order valence-corrected chi connectivity index (χ0v) is 15.3. The lowest BCUT2D eigenvalue weighted by atomic mass is 10.2. The van der Waals surface area contributed by atoms with Crippen LogP contribution in [0.1, 0.15) is 24.3 Å². The minimum absolute atomic E-state index is 0.0282. The molecule has 0 unspecified atom stereocenters. The van der Waals surface area contributed by atoms with Crippen LogP contribution in [0.25, 0.3) is 10.2 Å². The average molecular weight is 379 g/mol. The quantitative estimate of drug-likeness (QED) is 0.605. The molecule has 0 radical (unpaired) electrons. The molecule has 0 aliphatic carbocycles. The fraction of sp³-hybridized carbons (Fsp3) is 0.333. The van der Waals surface area contributed by atoms with Crippen LogP contribution in [0.5, 0.6) is 11.5 Å². The Morgan fingerprint density at radius 2 is 2.00 bits per heavy atom. The van der Waals surface area contributed by atoms with Gasteiger partial charge in [-0.2, -0.15) is 8.78 Å². The number of anilines is 1. The molecule has 0 fully saturated rings. The van der Waals surface area contributed by atoms with Crippen LogP contribution in [-0.4, -0.2) is 23.2 Å². The van der Waals surface area contributed by atoms with Crippen LogP contribution in [0.2, 0.25) is 0 Å². The van der Waals surface area contributed by atoms with E-state index in [-0.39, 0.29) is 5.75 Å². The Labute approximate surface area is 154 Å². The summed E-state index contributed by atoms with van der Waals surface area (Å²) in [5.74, 6) is 1.07. The van der Waals surface area contributed by atoms with Gasteiger partial charge in [0, 0.05) is 11.4 Å². The highest BCUT2D eigenvalue weighted by atomic mass is 32.1. The Hall–Kier alpha value is -2.48. The number of nitrogens with zero attached hydrogens (tertiary/aromatic N) is 2. The van der Waals surface area contributed by atoms with Gasteiger partial charge in [0.25, 0.3) is 0 Å². The van der Waals surface area contributed by atoms with E-state index in [2.05, 4.69) is 33.0 Å². The number of aromatic nitrogens is 2. The highest BCUT2D eigenvalue weighted by Gasteiger charge is 2.12. The number of nitrogens with one attached hydrogen (secondary N) is 1. The molecule has 0 aliphatic rings. The van der Waals surface area contributed by atoms with Gasteiger partial charge in [-0.3, -0.25) is 0 Å². The monoisotopic (exact) mass is 379 g/mol. The first-order valence-electron chi connectivity index (χ1n) is 8.28. The van der Waals surface area contributed by atoms with Crippen molar-refractivity contribution in [1.82, 2.24) is 9.97 Å². The molecule has 1 N–H and O–H groups in total. The van der Waals surface area contributed by atoms with Gasteiger partial charge in [0.2, 0.25) is 0 Å². The largest absolute Gasteiger partial charge is 0.490 e. The van der Waals surface area contributed by atoms with Gasteiger partial charge in [-0.25, -0.2) is 9.97 Å². The molecule has 2 heterocycles. The Kier molecular flexibility index (Phi) is 5.82. The lowest BCUT2D eigenvalue weighted by molar-refractivity contribution is -0.0514. The van der Waals surface area contributed by atoms with Gasteiger partial charge in [0.05, 0.1) is 12.0 Å². The van der Waals surface area contributed by atoms with Crippen LogP contribution < -0.4 is 14.8 Å². The van der Waals surface area contributed by atoms with Crippen molar-refractivity contribution in [2.45, 2.75) is 33.4 Å². The molecule has 1 aromatic carbocycles. The van der Waals surface area contributed by atoms with Crippen molar-refractivity contribution in [2.24, 2.45) is 0 Å². The van der Waals surface area contributed by atoms with Gasteiger partial charge < -0.3 is 14.8 Å². The SMILES string of the molecule is CCOc1cc(CNc2ncnc3sc(CC)cc23)ccc1OC(F)F. The van der Waals surface area contributed by atoms with E-state index in [1.54, 1.807) is 30.4 Å². The van der Waals surface area contributed by atoms with Crippen molar-refractivity contribution >= 4 is 27.4 Å². The molecular weight excluding hydrogens is 360 g/mol. The lowest BCUT2D eigenvalue weighted by Crippen LogP contribution is -2.06. The zero-order valence-electron chi connectivity index (χ0n) is 14.5. The maximum absolute atomic E-state index is 12.5. The Morgan fingerprint density at radius 1 is 1.15 bits per heavy atom. The number of hydrogen-bond acceptors (Lipinski definition) is 6. The number of rotatable bonds is 8. The molecule has 0 saturated carbocycles. The van der Waals surface area contributed by atoms with Crippen LogP contribution in [0, 0.1) is 0 Å². The van der Waals surface area contributed by atoms with E-state index < -0.39 is 6.61 Å². The van der Waals surface area contributed by atoms with Crippen molar-refractivity contribution < 1.29 is 18.3 Å².